The van der Waals surface area contributed by atoms with E-state index in [9.17, 15) is 0 Å². The average Bonchev–Trinajstić information content (AvgIpc) is 2.67. The van der Waals surface area contributed by atoms with Crippen molar-refractivity contribution in [2.45, 2.75) is 6.42 Å². The first kappa shape index (κ1) is 10.1. The number of aromatic amines is 1. The topological polar surface area (TPSA) is 27.8 Å². The molecular weight excluding hydrogens is 243 g/mol. The SMILES string of the molecule is ClC(Cl)=C1NCCc2c1[nH]c1ccccc21. The highest BCUT2D eigenvalue weighted by molar-refractivity contribution is 6.58. The van der Waals surface area contributed by atoms with Gasteiger partial charge in [0.25, 0.3) is 0 Å². The van der Waals surface area contributed by atoms with E-state index in [2.05, 4.69) is 22.4 Å². The number of halogens is 2. The summed E-state index contributed by atoms with van der Waals surface area (Å²) in [5, 5.41) is 4.48. The number of benzene rings is 1. The van der Waals surface area contributed by atoms with E-state index in [-0.39, 0.29) is 4.49 Å². The maximum Gasteiger partial charge on any atom is 0.132 e. The first-order valence-corrected chi connectivity index (χ1v) is 5.92. The van der Waals surface area contributed by atoms with Gasteiger partial charge in [-0.3, -0.25) is 0 Å². The Labute approximate surface area is 103 Å². The molecule has 2 N–H and O–H groups in total. The molecule has 1 aliphatic heterocycles. The molecule has 82 valence electrons. The highest BCUT2D eigenvalue weighted by Crippen LogP contribution is 2.32. The zero-order valence-corrected chi connectivity index (χ0v) is 9.99. The van der Waals surface area contributed by atoms with Crippen LogP contribution in [0.15, 0.2) is 28.8 Å². The lowest BCUT2D eigenvalue weighted by Crippen LogP contribution is -2.22. The van der Waals surface area contributed by atoms with Crippen LogP contribution in [0.2, 0.25) is 0 Å². The summed E-state index contributed by atoms with van der Waals surface area (Å²) in [5.41, 5.74) is 4.25. The third kappa shape index (κ3) is 1.41. The minimum Gasteiger partial charge on any atom is -0.381 e. The van der Waals surface area contributed by atoms with Crippen LogP contribution < -0.4 is 5.32 Å². The van der Waals surface area contributed by atoms with Gasteiger partial charge in [0.15, 0.2) is 0 Å². The van der Waals surface area contributed by atoms with Crippen molar-refractivity contribution >= 4 is 39.8 Å². The fourth-order valence-corrected chi connectivity index (χ4v) is 2.56. The maximum atomic E-state index is 5.87. The van der Waals surface area contributed by atoms with Crippen molar-refractivity contribution in [2.24, 2.45) is 0 Å². The molecule has 0 bridgehead atoms. The van der Waals surface area contributed by atoms with Crippen LogP contribution in [-0.4, -0.2) is 11.5 Å². The third-order valence-electron chi connectivity index (χ3n) is 2.93. The van der Waals surface area contributed by atoms with Gasteiger partial charge >= 0.3 is 0 Å². The standard InChI is InChI=1S/C12H10Cl2N2/c13-12(14)11-10-8(5-6-15-11)7-3-1-2-4-9(7)16-10/h1-4,15-16H,5-6H2. The van der Waals surface area contributed by atoms with Gasteiger partial charge in [0.05, 0.1) is 11.4 Å². The van der Waals surface area contributed by atoms with E-state index in [1.54, 1.807) is 0 Å². The predicted octanol–water partition coefficient (Wildman–Crippen LogP) is 3.42. The second-order valence-electron chi connectivity index (χ2n) is 3.84. The number of nitrogens with one attached hydrogen (secondary N) is 2. The maximum absolute atomic E-state index is 5.87. The second-order valence-corrected chi connectivity index (χ2v) is 4.79. The first-order valence-electron chi connectivity index (χ1n) is 5.16. The summed E-state index contributed by atoms with van der Waals surface area (Å²) in [7, 11) is 0. The molecule has 0 radical (unpaired) electrons. The van der Waals surface area contributed by atoms with Crippen molar-refractivity contribution < 1.29 is 0 Å². The van der Waals surface area contributed by atoms with Gasteiger partial charge in [-0.2, -0.15) is 0 Å². The molecule has 0 fully saturated rings. The number of rotatable bonds is 0. The zero-order chi connectivity index (χ0) is 11.1. The Morgan fingerprint density at radius 2 is 2.00 bits per heavy atom. The molecule has 0 saturated heterocycles. The predicted molar refractivity (Wildman–Crippen MR) is 68.6 cm³/mol. The molecule has 1 aromatic heterocycles. The molecule has 2 aromatic rings. The molecule has 2 heterocycles. The Morgan fingerprint density at radius 3 is 2.81 bits per heavy atom. The quantitative estimate of drug-likeness (QED) is 0.739. The smallest absolute Gasteiger partial charge is 0.132 e. The summed E-state index contributed by atoms with van der Waals surface area (Å²) in [6.45, 7) is 0.868. The molecule has 4 heteroatoms. The first-order chi connectivity index (χ1) is 7.77. The molecule has 1 aromatic carbocycles. The van der Waals surface area contributed by atoms with E-state index in [1.807, 2.05) is 12.1 Å². The third-order valence-corrected chi connectivity index (χ3v) is 3.31. The Kier molecular flexibility index (Phi) is 2.34. The van der Waals surface area contributed by atoms with Crippen LogP contribution in [0.5, 0.6) is 0 Å². The van der Waals surface area contributed by atoms with Crippen molar-refractivity contribution in [1.82, 2.24) is 10.3 Å². The van der Waals surface area contributed by atoms with Crippen LogP contribution >= 0.6 is 23.2 Å². The molecular formula is C12H10Cl2N2. The summed E-state index contributed by atoms with van der Waals surface area (Å²) >= 11 is 11.7. The number of para-hydroxylation sites is 1. The fraction of sp³-hybridized carbons (Fsp3) is 0.167. The van der Waals surface area contributed by atoms with Crippen LogP contribution in [0.25, 0.3) is 16.6 Å². The van der Waals surface area contributed by atoms with Crippen LogP contribution in [0.3, 0.4) is 0 Å². The Bertz CT molecular complexity index is 580. The van der Waals surface area contributed by atoms with Crippen molar-refractivity contribution in [2.75, 3.05) is 6.54 Å². The average molecular weight is 253 g/mol. The number of fused-ring (bicyclic) bond motifs is 3. The lowest BCUT2D eigenvalue weighted by atomic mass is 10.0. The lowest BCUT2D eigenvalue weighted by Gasteiger charge is -2.17. The summed E-state index contributed by atoms with van der Waals surface area (Å²) in [6.07, 6.45) is 0.990. The van der Waals surface area contributed by atoms with Gasteiger partial charge in [0.2, 0.25) is 0 Å². The minimum atomic E-state index is 0.285. The van der Waals surface area contributed by atoms with Crippen LogP contribution in [-0.2, 0) is 6.42 Å². The zero-order valence-electron chi connectivity index (χ0n) is 8.48. The van der Waals surface area contributed by atoms with Gasteiger partial charge < -0.3 is 10.3 Å². The van der Waals surface area contributed by atoms with Crippen LogP contribution in [0.1, 0.15) is 11.3 Å². The lowest BCUT2D eigenvalue weighted by molar-refractivity contribution is 0.814. The number of H-pyrrole nitrogens is 1. The summed E-state index contributed by atoms with van der Waals surface area (Å²) in [6, 6.07) is 8.25. The molecule has 0 atom stereocenters. The van der Waals surface area contributed by atoms with E-state index in [0.29, 0.717) is 0 Å². The van der Waals surface area contributed by atoms with E-state index < -0.39 is 0 Å². The summed E-state index contributed by atoms with van der Waals surface area (Å²) in [5.74, 6) is 0. The van der Waals surface area contributed by atoms with Crippen LogP contribution in [0, 0.1) is 0 Å². The van der Waals surface area contributed by atoms with Crippen molar-refractivity contribution in [3.8, 4) is 0 Å². The summed E-state index contributed by atoms with van der Waals surface area (Å²) < 4.78 is 0.285. The molecule has 0 spiro atoms. The Morgan fingerprint density at radius 1 is 1.19 bits per heavy atom. The van der Waals surface area contributed by atoms with Gasteiger partial charge in [-0.25, -0.2) is 0 Å². The molecule has 0 unspecified atom stereocenters. The minimum absolute atomic E-state index is 0.285. The van der Waals surface area contributed by atoms with Crippen molar-refractivity contribution in [3.63, 3.8) is 0 Å². The molecule has 16 heavy (non-hydrogen) atoms. The van der Waals surface area contributed by atoms with Crippen LogP contribution in [0.4, 0.5) is 0 Å². The van der Waals surface area contributed by atoms with E-state index >= 15 is 0 Å². The van der Waals surface area contributed by atoms with Gasteiger partial charge in [0.1, 0.15) is 4.49 Å². The van der Waals surface area contributed by atoms with Gasteiger partial charge in [-0.1, -0.05) is 41.4 Å². The van der Waals surface area contributed by atoms with E-state index in [1.165, 1.54) is 10.9 Å². The monoisotopic (exact) mass is 252 g/mol. The number of hydrogen-bond donors (Lipinski definition) is 2. The molecule has 2 nitrogen and oxygen atoms in total. The normalized spacial score (nSPS) is 14.8. The number of hydrogen-bond acceptors (Lipinski definition) is 1. The van der Waals surface area contributed by atoms with E-state index in [0.717, 1.165) is 29.9 Å². The van der Waals surface area contributed by atoms with E-state index in [4.69, 9.17) is 23.2 Å². The highest BCUT2D eigenvalue weighted by atomic mass is 35.5. The molecule has 1 aliphatic rings. The molecule has 0 amide bonds. The van der Waals surface area contributed by atoms with Crippen molar-refractivity contribution in [3.05, 3.63) is 40.0 Å². The second kappa shape index (κ2) is 3.72. The number of aromatic nitrogens is 1. The van der Waals surface area contributed by atoms with Crippen molar-refractivity contribution in [1.29, 1.82) is 0 Å². The van der Waals surface area contributed by atoms with Gasteiger partial charge in [-0.15, -0.1) is 0 Å². The highest BCUT2D eigenvalue weighted by Gasteiger charge is 2.20. The summed E-state index contributed by atoms with van der Waals surface area (Å²) in [4.78, 5) is 3.36. The van der Waals surface area contributed by atoms with Gasteiger partial charge in [-0.05, 0) is 18.1 Å². The molecule has 0 saturated carbocycles. The Balaban J connectivity index is 2.34. The van der Waals surface area contributed by atoms with Gasteiger partial charge in [0, 0.05) is 17.4 Å². The molecule has 0 aliphatic carbocycles. The Hall–Kier alpha value is -1.12. The molecule has 3 rings (SSSR count). The largest absolute Gasteiger partial charge is 0.381 e. The fourth-order valence-electron chi connectivity index (χ4n) is 2.24.